The summed E-state index contributed by atoms with van der Waals surface area (Å²) in [6.45, 7) is 13.7. The molecule has 154 valence electrons. The van der Waals surface area contributed by atoms with E-state index < -0.39 is 0 Å². The lowest BCUT2D eigenvalue weighted by molar-refractivity contribution is 0.136. The predicted molar refractivity (Wildman–Crippen MR) is 127 cm³/mol. The molecule has 1 fully saturated rings. The summed E-state index contributed by atoms with van der Waals surface area (Å²) in [5, 5.41) is 6.88. The van der Waals surface area contributed by atoms with Crippen molar-refractivity contribution in [2.24, 2.45) is 4.99 Å². The van der Waals surface area contributed by atoms with Crippen LogP contribution < -0.4 is 10.6 Å². The molecule has 2 rings (SSSR count). The van der Waals surface area contributed by atoms with Crippen LogP contribution in [0.3, 0.4) is 0 Å². The van der Waals surface area contributed by atoms with Crippen LogP contribution in [-0.2, 0) is 0 Å². The van der Waals surface area contributed by atoms with Crippen LogP contribution in [0.5, 0.6) is 0 Å². The molecule has 1 aliphatic heterocycles. The maximum atomic E-state index is 4.34. The number of halogens is 1. The normalized spacial score (nSPS) is 17.2. The summed E-state index contributed by atoms with van der Waals surface area (Å²) in [5.74, 6) is 1.38. The molecule has 1 aromatic carbocycles. The van der Waals surface area contributed by atoms with Crippen molar-refractivity contribution < 1.29 is 0 Å². The molecular weight excluding hydrogens is 449 g/mol. The van der Waals surface area contributed by atoms with E-state index in [2.05, 4.69) is 69.6 Å². The average molecular weight is 487 g/mol. The van der Waals surface area contributed by atoms with Gasteiger partial charge in [-0.05, 0) is 37.4 Å². The van der Waals surface area contributed by atoms with Gasteiger partial charge in [-0.3, -0.25) is 4.99 Å². The summed E-state index contributed by atoms with van der Waals surface area (Å²) < 4.78 is 0. The van der Waals surface area contributed by atoms with Crippen LogP contribution in [0.2, 0.25) is 0 Å². The first-order valence-corrected chi connectivity index (χ1v) is 10.2. The van der Waals surface area contributed by atoms with Crippen molar-refractivity contribution >= 4 is 29.9 Å². The van der Waals surface area contributed by atoms with Crippen molar-refractivity contribution in [2.45, 2.75) is 32.6 Å². The molecule has 0 amide bonds. The van der Waals surface area contributed by atoms with Gasteiger partial charge in [-0.1, -0.05) is 44.2 Å². The Morgan fingerprint density at radius 1 is 1.04 bits per heavy atom. The van der Waals surface area contributed by atoms with E-state index in [0.717, 1.165) is 19.0 Å². The van der Waals surface area contributed by atoms with Crippen LogP contribution in [-0.4, -0.2) is 75.2 Å². The van der Waals surface area contributed by atoms with Gasteiger partial charge in [0.2, 0.25) is 0 Å². The third-order valence-corrected chi connectivity index (χ3v) is 5.27. The molecule has 1 unspecified atom stereocenters. The smallest absolute Gasteiger partial charge is 0.190 e. The number of benzene rings is 1. The van der Waals surface area contributed by atoms with Crippen LogP contribution in [0, 0.1) is 0 Å². The molecule has 0 aromatic heterocycles. The molecule has 0 saturated carbocycles. The van der Waals surface area contributed by atoms with Crippen molar-refractivity contribution in [1.29, 1.82) is 0 Å². The van der Waals surface area contributed by atoms with Gasteiger partial charge in [0.15, 0.2) is 5.96 Å². The first-order valence-electron chi connectivity index (χ1n) is 10.2. The SMILES string of the molecule is CCN1CCN(CCCCNC(=NC)NCC(C)c2ccccc2)CC1.I. The fourth-order valence-electron chi connectivity index (χ4n) is 3.37. The van der Waals surface area contributed by atoms with E-state index in [9.17, 15) is 0 Å². The Balaban J connectivity index is 0.00000364. The second-order valence-corrected chi connectivity index (χ2v) is 7.17. The van der Waals surface area contributed by atoms with Gasteiger partial charge in [-0.2, -0.15) is 0 Å². The maximum absolute atomic E-state index is 4.34. The standard InChI is InChI=1S/C21H37N5.HI/c1-4-25-14-16-26(17-15-25)13-9-8-12-23-21(22-3)24-18-19(2)20-10-6-5-7-11-20;/h5-7,10-11,19H,4,8-9,12-18H2,1-3H3,(H2,22,23,24);1H. The minimum Gasteiger partial charge on any atom is -0.356 e. The minimum absolute atomic E-state index is 0. The van der Waals surface area contributed by atoms with Crippen LogP contribution in [0.4, 0.5) is 0 Å². The number of guanidine groups is 1. The van der Waals surface area contributed by atoms with Gasteiger partial charge in [0, 0.05) is 46.3 Å². The second-order valence-electron chi connectivity index (χ2n) is 7.17. The Bertz CT molecular complexity index is 515. The van der Waals surface area contributed by atoms with Gasteiger partial charge in [-0.25, -0.2) is 0 Å². The third kappa shape index (κ3) is 9.25. The molecule has 1 heterocycles. The number of hydrogen-bond donors (Lipinski definition) is 2. The van der Waals surface area contributed by atoms with Gasteiger partial charge >= 0.3 is 0 Å². The maximum Gasteiger partial charge on any atom is 0.190 e. The Hall–Kier alpha value is -0.860. The lowest BCUT2D eigenvalue weighted by Gasteiger charge is -2.34. The minimum atomic E-state index is 0. The van der Waals surface area contributed by atoms with E-state index >= 15 is 0 Å². The van der Waals surface area contributed by atoms with E-state index in [0.29, 0.717) is 5.92 Å². The van der Waals surface area contributed by atoms with Crippen LogP contribution in [0.1, 0.15) is 38.2 Å². The molecule has 6 heteroatoms. The Labute approximate surface area is 183 Å². The number of rotatable bonds is 9. The average Bonchev–Trinajstić information content (AvgIpc) is 2.71. The zero-order valence-electron chi connectivity index (χ0n) is 17.3. The van der Waals surface area contributed by atoms with Crippen molar-refractivity contribution in [1.82, 2.24) is 20.4 Å². The highest BCUT2D eigenvalue weighted by Crippen LogP contribution is 2.12. The number of nitrogens with zero attached hydrogens (tertiary/aromatic N) is 3. The van der Waals surface area contributed by atoms with Gasteiger partial charge in [-0.15, -0.1) is 24.0 Å². The predicted octanol–water partition coefficient (Wildman–Crippen LogP) is 2.99. The van der Waals surface area contributed by atoms with Crippen molar-refractivity contribution in [2.75, 3.05) is 59.4 Å². The molecule has 2 N–H and O–H groups in total. The van der Waals surface area contributed by atoms with Crippen molar-refractivity contribution in [3.05, 3.63) is 35.9 Å². The summed E-state index contributed by atoms with van der Waals surface area (Å²) in [4.78, 5) is 9.47. The number of piperazine rings is 1. The number of unbranched alkanes of at least 4 members (excludes halogenated alkanes) is 1. The van der Waals surface area contributed by atoms with Gasteiger partial charge in [0.1, 0.15) is 0 Å². The van der Waals surface area contributed by atoms with E-state index in [-0.39, 0.29) is 24.0 Å². The lowest BCUT2D eigenvalue weighted by Crippen LogP contribution is -2.46. The molecule has 1 aliphatic rings. The molecule has 5 nitrogen and oxygen atoms in total. The highest BCUT2D eigenvalue weighted by molar-refractivity contribution is 14.0. The molecule has 1 aromatic rings. The second kappa shape index (κ2) is 14.2. The van der Waals surface area contributed by atoms with Gasteiger partial charge in [0.25, 0.3) is 0 Å². The fourth-order valence-corrected chi connectivity index (χ4v) is 3.37. The van der Waals surface area contributed by atoms with Crippen LogP contribution in [0.25, 0.3) is 0 Å². The molecule has 1 atom stereocenters. The quantitative estimate of drug-likeness (QED) is 0.243. The summed E-state index contributed by atoms with van der Waals surface area (Å²) in [5.41, 5.74) is 1.36. The zero-order valence-corrected chi connectivity index (χ0v) is 19.6. The number of hydrogen-bond acceptors (Lipinski definition) is 3. The molecule has 0 radical (unpaired) electrons. The fraction of sp³-hybridized carbons (Fsp3) is 0.667. The van der Waals surface area contributed by atoms with Crippen molar-refractivity contribution in [3.8, 4) is 0 Å². The summed E-state index contributed by atoms with van der Waals surface area (Å²) >= 11 is 0. The van der Waals surface area contributed by atoms with E-state index in [1.165, 1.54) is 57.7 Å². The largest absolute Gasteiger partial charge is 0.356 e. The molecular formula is C21H38IN5. The molecule has 1 saturated heterocycles. The molecule has 27 heavy (non-hydrogen) atoms. The highest BCUT2D eigenvalue weighted by Gasteiger charge is 2.14. The summed E-state index contributed by atoms with van der Waals surface area (Å²) in [6.07, 6.45) is 2.43. The summed E-state index contributed by atoms with van der Waals surface area (Å²) in [7, 11) is 1.84. The third-order valence-electron chi connectivity index (χ3n) is 5.27. The first kappa shape index (κ1) is 24.2. The van der Waals surface area contributed by atoms with Crippen LogP contribution in [0.15, 0.2) is 35.3 Å². The number of aliphatic imine (C=N–C) groups is 1. The molecule has 0 spiro atoms. The monoisotopic (exact) mass is 487 g/mol. The highest BCUT2D eigenvalue weighted by atomic mass is 127. The van der Waals surface area contributed by atoms with Crippen LogP contribution >= 0.6 is 24.0 Å². The Morgan fingerprint density at radius 2 is 1.70 bits per heavy atom. The number of nitrogens with one attached hydrogen (secondary N) is 2. The van der Waals surface area contributed by atoms with E-state index in [4.69, 9.17) is 0 Å². The zero-order chi connectivity index (χ0) is 18.6. The molecule has 0 aliphatic carbocycles. The van der Waals surface area contributed by atoms with E-state index in [1.54, 1.807) is 0 Å². The van der Waals surface area contributed by atoms with Gasteiger partial charge in [0.05, 0.1) is 0 Å². The summed E-state index contributed by atoms with van der Waals surface area (Å²) in [6, 6.07) is 10.6. The first-order chi connectivity index (χ1) is 12.7. The lowest BCUT2D eigenvalue weighted by atomic mass is 10.0. The van der Waals surface area contributed by atoms with E-state index in [1.807, 2.05) is 7.05 Å². The Kier molecular flexibility index (Phi) is 12.7. The number of likely N-dealkylation sites (N-methyl/N-ethyl adjacent to an activating group) is 1. The van der Waals surface area contributed by atoms with Crippen molar-refractivity contribution in [3.63, 3.8) is 0 Å². The van der Waals surface area contributed by atoms with Gasteiger partial charge < -0.3 is 20.4 Å². The molecule has 0 bridgehead atoms. The Morgan fingerprint density at radius 3 is 2.33 bits per heavy atom. The topological polar surface area (TPSA) is 42.9 Å².